The van der Waals surface area contributed by atoms with Crippen LogP contribution in [0.4, 0.5) is 10.1 Å². The SMILES string of the molecule is O=C(Nc1ccccc1-c1ccccc1)C1CCN(Cc2ccccc2F)CC1. The van der Waals surface area contributed by atoms with Crippen LogP contribution in [0.1, 0.15) is 18.4 Å². The minimum Gasteiger partial charge on any atom is -0.325 e. The van der Waals surface area contributed by atoms with Crippen molar-refractivity contribution in [2.45, 2.75) is 19.4 Å². The fourth-order valence-corrected chi connectivity index (χ4v) is 3.92. The van der Waals surface area contributed by atoms with E-state index in [2.05, 4.69) is 10.2 Å². The van der Waals surface area contributed by atoms with Gasteiger partial charge >= 0.3 is 0 Å². The summed E-state index contributed by atoms with van der Waals surface area (Å²) in [6.45, 7) is 2.19. The zero-order chi connectivity index (χ0) is 20.1. The Bertz CT molecular complexity index is 965. The molecule has 0 bridgehead atoms. The maximum absolute atomic E-state index is 13.9. The van der Waals surface area contributed by atoms with Gasteiger partial charge in [0.2, 0.25) is 5.91 Å². The molecule has 1 aliphatic heterocycles. The summed E-state index contributed by atoms with van der Waals surface area (Å²) < 4.78 is 13.9. The van der Waals surface area contributed by atoms with Gasteiger partial charge in [-0.3, -0.25) is 9.69 Å². The van der Waals surface area contributed by atoms with Crippen molar-refractivity contribution < 1.29 is 9.18 Å². The lowest BCUT2D eigenvalue weighted by atomic mass is 9.95. The standard InChI is InChI=1S/C25H25FN2O/c26-23-12-6-4-10-21(23)18-28-16-14-20(15-17-28)25(29)27-24-13-7-5-11-22(24)19-8-2-1-3-9-19/h1-13,20H,14-18H2,(H,27,29). The first-order valence-electron chi connectivity index (χ1n) is 10.1. The molecule has 1 heterocycles. The minimum absolute atomic E-state index is 0.0179. The smallest absolute Gasteiger partial charge is 0.227 e. The van der Waals surface area contributed by atoms with E-state index in [1.807, 2.05) is 66.7 Å². The van der Waals surface area contributed by atoms with E-state index in [1.54, 1.807) is 6.07 Å². The fourth-order valence-electron chi connectivity index (χ4n) is 3.92. The number of anilines is 1. The number of hydrogen-bond donors (Lipinski definition) is 1. The van der Waals surface area contributed by atoms with Crippen molar-refractivity contribution in [3.63, 3.8) is 0 Å². The van der Waals surface area contributed by atoms with Crippen molar-refractivity contribution in [1.29, 1.82) is 0 Å². The third kappa shape index (κ3) is 4.72. The number of amides is 1. The highest BCUT2D eigenvalue weighted by Crippen LogP contribution is 2.29. The monoisotopic (exact) mass is 388 g/mol. The van der Waals surface area contributed by atoms with E-state index in [0.717, 1.165) is 42.7 Å². The molecule has 3 nitrogen and oxygen atoms in total. The van der Waals surface area contributed by atoms with Gasteiger partial charge in [-0.15, -0.1) is 0 Å². The summed E-state index contributed by atoms with van der Waals surface area (Å²) in [4.78, 5) is 15.1. The average Bonchev–Trinajstić information content (AvgIpc) is 2.77. The van der Waals surface area contributed by atoms with Gasteiger partial charge in [-0.2, -0.15) is 0 Å². The Morgan fingerprint density at radius 3 is 2.31 bits per heavy atom. The maximum Gasteiger partial charge on any atom is 0.227 e. The van der Waals surface area contributed by atoms with Crippen LogP contribution < -0.4 is 5.32 Å². The topological polar surface area (TPSA) is 32.3 Å². The minimum atomic E-state index is -0.162. The van der Waals surface area contributed by atoms with Crippen LogP contribution in [0.5, 0.6) is 0 Å². The highest BCUT2D eigenvalue weighted by Gasteiger charge is 2.26. The third-order valence-electron chi connectivity index (χ3n) is 5.58. The van der Waals surface area contributed by atoms with Crippen LogP contribution in [-0.4, -0.2) is 23.9 Å². The van der Waals surface area contributed by atoms with Gasteiger partial charge in [0.25, 0.3) is 0 Å². The molecule has 0 radical (unpaired) electrons. The summed E-state index contributed by atoms with van der Waals surface area (Å²) in [6, 6.07) is 24.9. The molecule has 1 aliphatic rings. The second kappa shape index (κ2) is 9.01. The lowest BCUT2D eigenvalue weighted by molar-refractivity contribution is -0.121. The number of hydrogen-bond acceptors (Lipinski definition) is 2. The van der Waals surface area contributed by atoms with E-state index < -0.39 is 0 Å². The molecule has 0 spiro atoms. The molecule has 0 atom stereocenters. The second-order valence-electron chi connectivity index (χ2n) is 7.54. The van der Waals surface area contributed by atoms with E-state index in [4.69, 9.17) is 0 Å². The number of para-hydroxylation sites is 1. The Hall–Kier alpha value is -2.98. The predicted molar refractivity (Wildman–Crippen MR) is 115 cm³/mol. The van der Waals surface area contributed by atoms with Gasteiger partial charge in [0.1, 0.15) is 5.82 Å². The van der Waals surface area contributed by atoms with Crippen LogP contribution in [0.3, 0.4) is 0 Å². The first kappa shape index (κ1) is 19.3. The third-order valence-corrected chi connectivity index (χ3v) is 5.58. The normalized spacial score (nSPS) is 15.2. The van der Waals surface area contributed by atoms with Crippen LogP contribution in [0, 0.1) is 11.7 Å². The summed E-state index contributed by atoms with van der Waals surface area (Å²) in [5, 5.41) is 3.13. The number of rotatable bonds is 5. The van der Waals surface area contributed by atoms with Gasteiger partial charge in [-0.05, 0) is 43.6 Å². The number of nitrogens with zero attached hydrogens (tertiary/aromatic N) is 1. The van der Waals surface area contributed by atoms with Crippen LogP contribution in [0.25, 0.3) is 11.1 Å². The van der Waals surface area contributed by atoms with Gasteiger partial charge < -0.3 is 5.32 Å². The Balaban J connectivity index is 1.37. The van der Waals surface area contributed by atoms with Crippen molar-refractivity contribution in [3.8, 4) is 11.1 Å². The van der Waals surface area contributed by atoms with Gasteiger partial charge in [-0.1, -0.05) is 66.7 Å². The largest absolute Gasteiger partial charge is 0.325 e. The molecule has 4 heteroatoms. The summed E-state index contributed by atoms with van der Waals surface area (Å²) in [7, 11) is 0. The average molecular weight is 388 g/mol. The number of nitrogens with one attached hydrogen (secondary N) is 1. The highest BCUT2D eigenvalue weighted by molar-refractivity contribution is 5.96. The second-order valence-corrected chi connectivity index (χ2v) is 7.54. The van der Waals surface area contributed by atoms with Crippen molar-refractivity contribution in [1.82, 2.24) is 4.90 Å². The van der Waals surface area contributed by atoms with Gasteiger partial charge in [0.05, 0.1) is 0 Å². The van der Waals surface area contributed by atoms with Gasteiger partial charge in [-0.25, -0.2) is 4.39 Å². The van der Waals surface area contributed by atoms with Crippen molar-refractivity contribution in [3.05, 3.63) is 90.2 Å². The number of piperidine rings is 1. The van der Waals surface area contributed by atoms with Crippen LogP contribution >= 0.6 is 0 Å². The molecule has 1 saturated heterocycles. The van der Waals surface area contributed by atoms with Gasteiger partial charge in [0.15, 0.2) is 0 Å². The van der Waals surface area contributed by atoms with Crippen molar-refractivity contribution in [2.24, 2.45) is 5.92 Å². The molecular weight excluding hydrogens is 363 g/mol. The number of carbonyl (C=O) groups excluding carboxylic acids is 1. The lowest BCUT2D eigenvalue weighted by Gasteiger charge is -2.31. The highest BCUT2D eigenvalue weighted by atomic mass is 19.1. The molecule has 3 aromatic rings. The number of likely N-dealkylation sites (tertiary alicyclic amines) is 1. The van der Waals surface area contributed by atoms with Crippen molar-refractivity contribution >= 4 is 11.6 Å². The summed E-state index contributed by atoms with van der Waals surface area (Å²) in [6.07, 6.45) is 1.57. The van der Waals surface area contributed by atoms with Crippen LogP contribution in [0.2, 0.25) is 0 Å². The van der Waals surface area contributed by atoms with E-state index in [0.29, 0.717) is 12.1 Å². The van der Waals surface area contributed by atoms with E-state index in [9.17, 15) is 9.18 Å². The number of carbonyl (C=O) groups is 1. The first-order valence-corrected chi connectivity index (χ1v) is 10.1. The van der Waals surface area contributed by atoms with E-state index in [-0.39, 0.29) is 17.6 Å². The zero-order valence-electron chi connectivity index (χ0n) is 16.4. The molecular formula is C25H25FN2O. The predicted octanol–water partition coefficient (Wildman–Crippen LogP) is 5.34. The fraction of sp³-hybridized carbons (Fsp3) is 0.240. The molecule has 29 heavy (non-hydrogen) atoms. The summed E-state index contributed by atoms with van der Waals surface area (Å²) >= 11 is 0. The quantitative estimate of drug-likeness (QED) is 0.640. The van der Waals surface area contributed by atoms with Crippen molar-refractivity contribution in [2.75, 3.05) is 18.4 Å². The lowest BCUT2D eigenvalue weighted by Crippen LogP contribution is -2.38. The van der Waals surface area contributed by atoms with E-state index in [1.165, 1.54) is 6.07 Å². The first-order chi connectivity index (χ1) is 14.2. The zero-order valence-corrected chi connectivity index (χ0v) is 16.4. The Morgan fingerprint density at radius 1 is 0.897 bits per heavy atom. The number of benzene rings is 3. The molecule has 0 aliphatic carbocycles. The van der Waals surface area contributed by atoms with Crippen LogP contribution in [-0.2, 0) is 11.3 Å². The number of halogens is 1. The Labute approximate surface area is 171 Å². The molecule has 4 rings (SSSR count). The molecule has 0 saturated carbocycles. The molecule has 1 amide bonds. The molecule has 148 valence electrons. The van der Waals surface area contributed by atoms with Crippen LogP contribution in [0.15, 0.2) is 78.9 Å². The summed E-state index contributed by atoms with van der Waals surface area (Å²) in [5.41, 5.74) is 3.67. The maximum atomic E-state index is 13.9. The molecule has 1 fully saturated rings. The van der Waals surface area contributed by atoms with E-state index >= 15 is 0 Å². The van der Waals surface area contributed by atoms with Gasteiger partial charge in [0, 0.05) is 29.3 Å². The Morgan fingerprint density at radius 2 is 1.55 bits per heavy atom. The summed E-state index contributed by atoms with van der Waals surface area (Å²) in [5.74, 6) is -0.112. The molecule has 0 aromatic heterocycles. The molecule has 3 aromatic carbocycles. The molecule has 0 unspecified atom stereocenters. The molecule has 1 N–H and O–H groups in total. The Kier molecular flexibility index (Phi) is 6.01.